The Morgan fingerprint density at radius 1 is 0.484 bits per heavy atom. The summed E-state index contributed by atoms with van der Waals surface area (Å²) in [4.78, 5) is 2.56. The summed E-state index contributed by atoms with van der Waals surface area (Å²) in [5, 5.41) is 9.08. The predicted molar refractivity (Wildman–Crippen MR) is 274 cm³/mol. The van der Waals surface area contributed by atoms with Gasteiger partial charge >= 0.3 is 0 Å². The third kappa shape index (κ3) is 5.46. The number of nitrogens with one attached hydrogen (secondary N) is 1. The van der Waals surface area contributed by atoms with Crippen molar-refractivity contribution in [3.05, 3.63) is 246 Å². The van der Waals surface area contributed by atoms with Crippen molar-refractivity contribution in [2.75, 3.05) is 10.2 Å². The molecule has 3 heterocycles. The molecule has 4 heteroatoms. The summed E-state index contributed by atoms with van der Waals surface area (Å²) in [6.45, 7) is 2.20. The molecule has 0 spiro atoms. The summed E-state index contributed by atoms with van der Waals surface area (Å²) < 4.78 is 2.60. The zero-order chi connectivity index (χ0) is 42.4. The fourth-order valence-electron chi connectivity index (χ4n) is 10.9. The molecule has 11 aromatic rings. The van der Waals surface area contributed by atoms with E-state index in [0.717, 1.165) is 22.7 Å². The van der Waals surface area contributed by atoms with Crippen LogP contribution in [0.3, 0.4) is 0 Å². The Morgan fingerprint density at radius 3 is 1.95 bits per heavy atom. The first-order valence-electron chi connectivity index (χ1n) is 22.1. The van der Waals surface area contributed by atoms with E-state index in [1.54, 1.807) is 0 Å². The van der Waals surface area contributed by atoms with Crippen molar-refractivity contribution in [3.63, 3.8) is 0 Å². The largest absolute Gasteiger partial charge is 0.354 e. The topological polar surface area (TPSA) is 15.3 Å². The molecule has 0 unspecified atom stereocenters. The minimum Gasteiger partial charge on any atom is -0.354 e. The van der Waals surface area contributed by atoms with E-state index < -0.39 is 5.41 Å². The number of benzene rings is 10. The lowest BCUT2D eigenvalue weighted by molar-refractivity contribution is 0.741. The lowest BCUT2D eigenvalue weighted by atomic mass is 9.57. The number of fused-ring (bicyclic) bond motifs is 8. The lowest BCUT2D eigenvalue weighted by Crippen LogP contribution is -2.41. The number of hydrogen-bond donors (Lipinski definition) is 1. The molecule has 1 aromatic heterocycles. The van der Waals surface area contributed by atoms with Crippen molar-refractivity contribution in [1.29, 1.82) is 0 Å². The summed E-state index contributed by atoms with van der Waals surface area (Å²) in [5.74, 6) is 0. The quantitative estimate of drug-likeness (QED) is 0.174. The van der Waals surface area contributed by atoms with E-state index >= 15 is 0 Å². The fourth-order valence-corrected chi connectivity index (χ4v) is 12.0. The SMILES string of the molecule is Cc1ccc(N2c3cc4c(cc3[B]c3c2cc2ccccc2c3-c2cccc3c2Nc2ccccc2C3(c2ccccc2)c2ccccc2)sc2ccccc24)c(-c2ccccc2)c1. The van der Waals surface area contributed by atoms with Crippen molar-refractivity contribution >= 4 is 88.9 Å². The molecule has 0 saturated carbocycles. The highest BCUT2D eigenvalue weighted by Gasteiger charge is 2.45. The Morgan fingerprint density at radius 2 is 1.16 bits per heavy atom. The summed E-state index contributed by atoms with van der Waals surface area (Å²) in [7, 11) is 2.47. The van der Waals surface area contributed by atoms with Crippen molar-refractivity contribution in [2.45, 2.75) is 12.3 Å². The molecule has 64 heavy (non-hydrogen) atoms. The van der Waals surface area contributed by atoms with Gasteiger partial charge in [0, 0.05) is 48.4 Å². The molecule has 0 aliphatic carbocycles. The van der Waals surface area contributed by atoms with Gasteiger partial charge in [0.15, 0.2) is 7.28 Å². The third-order valence-corrected chi connectivity index (χ3v) is 14.7. The molecule has 299 valence electrons. The summed E-state index contributed by atoms with van der Waals surface area (Å²) in [6.07, 6.45) is 0. The molecule has 1 radical (unpaired) electrons. The van der Waals surface area contributed by atoms with Gasteiger partial charge in [-0.25, -0.2) is 0 Å². The van der Waals surface area contributed by atoms with Gasteiger partial charge in [0.1, 0.15) is 0 Å². The van der Waals surface area contributed by atoms with Crippen molar-refractivity contribution in [3.8, 4) is 22.3 Å². The van der Waals surface area contributed by atoms with Crippen LogP contribution in [0.15, 0.2) is 218 Å². The van der Waals surface area contributed by atoms with E-state index in [4.69, 9.17) is 0 Å². The molecule has 1 N–H and O–H groups in total. The highest BCUT2D eigenvalue weighted by atomic mass is 32.1. The maximum Gasteiger partial charge on any atom is 0.197 e. The molecule has 0 saturated heterocycles. The van der Waals surface area contributed by atoms with E-state index in [1.165, 1.54) is 97.6 Å². The smallest absolute Gasteiger partial charge is 0.197 e. The van der Waals surface area contributed by atoms with Gasteiger partial charge in [-0.15, -0.1) is 11.3 Å². The van der Waals surface area contributed by atoms with E-state index in [-0.39, 0.29) is 0 Å². The van der Waals surface area contributed by atoms with Gasteiger partial charge in [0.05, 0.1) is 16.8 Å². The zero-order valence-corrected chi connectivity index (χ0v) is 36.0. The molecule has 0 atom stereocenters. The van der Waals surface area contributed by atoms with Crippen LogP contribution in [-0.4, -0.2) is 7.28 Å². The van der Waals surface area contributed by atoms with Crippen molar-refractivity contribution < 1.29 is 0 Å². The molecule has 2 aliphatic rings. The second kappa shape index (κ2) is 14.5. The van der Waals surface area contributed by atoms with Gasteiger partial charge in [0.25, 0.3) is 0 Å². The van der Waals surface area contributed by atoms with Crippen LogP contribution in [0.25, 0.3) is 53.2 Å². The Bertz CT molecular complexity index is 3590. The maximum atomic E-state index is 4.09. The van der Waals surface area contributed by atoms with Crippen LogP contribution in [0.2, 0.25) is 0 Å². The average Bonchev–Trinajstić information content (AvgIpc) is 3.72. The summed E-state index contributed by atoms with van der Waals surface area (Å²) in [6, 6.07) is 81.0. The number of nitrogens with zero attached hydrogens (tertiary/aromatic N) is 1. The highest BCUT2D eigenvalue weighted by molar-refractivity contribution is 7.26. The standard InChI is InChI=1S/C60H40BN2S/c1-38-32-33-52(46(34-38)39-18-5-2-6-19-39)63-53-36-47-44-26-13-16-31-55(44)64-56(47)37-50(53)61-58-54(63)35-40-20-11-12-25-43(40)57(58)45-27-17-29-49-59(45)62-51-30-15-14-28-48(51)60(49,41-21-7-3-8-22-41)42-23-9-4-10-24-42/h2-37,62H,1H3. The molecular formula is C60H40BN2S. The molecule has 13 rings (SSSR count). The summed E-state index contributed by atoms with van der Waals surface area (Å²) >= 11 is 1.88. The van der Waals surface area contributed by atoms with E-state index in [0.29, 0.717) is 0 Å². The lowest BCUT2D eigenvalue weighted by Gasteiger charge is -2.43. The average molecular weight is 832 g/mol. The van der Waals surface area contributed by atoms with Crippen LogP contribution in [-0.2, 0) is 5.41 Å². The van der Waals surface area contributed by atoms with E-state index in [2.05, 4.69) is 243 Å². The Labute approximate surface area is 378 Å². The molecule has 2 nitrogen and oxygen atoms in total. The zero-order valence-electron chi connectivity index (χ0n) is 35.2. The number of para-hydroxylation sites is 2. The Kier molecular flexibility index (Phi) is 8.34. The predicted octanol–water partition coefficient (Wildman–Crippen LogP) is 14.7. The monoisotopic (exact) mass is 831 g/mol. The van der Waals surface area contributed by atoms with E-state index in [9.17, 15) is 0 Å². The van der Waals surface area contributed by atoms with Crippen LogP contribution in [0, 0.1) is 6.92 Å². The van der Waals surface area contributed by atoms with Crippen molar-refractivity contribution in [1.82, 2.24) is 0 Å². The second-order valence-electron chi connectivity index (χ2n) is 17.2. The third-order valence-electron chi connectivity index (χ3n) is 13.6. The molecule has 0 amide bonds. The highest BCUT2D eigenvalue weighted by Crippen LogP contribution is 2.56. The van der Waals surface area contributed by atoms with Gasteiger partial charge in [0.2, 0.25) is 0 Å². The number of hydrogen-bond acceptors (Lipinski definition) is 3. The van der Waals surface area contributed by atoms with Gasteiger partial charge in [-0.2, -0.15) is 0 Å². The van der Waals surface area contributed by atoms with Gasteiger partial charge in [-0.05, 0) is 99.0 Å². The molecular weight excluding hydrogens is 792 g/mol. The minimum atomic E-state index is -0.581. The molecule has 0 fully saturated rings. The number of anilines is 5. The van der Waals surface area contributed by atoms with Crippen LogP contribution in [0.1, 0.15) is 27.8 Å². The number of thiophene rings is 1. The first-order valence-corrected chi connectivity index (χ1v) is 22.9. The number of aryl methyl sites for hydroxylation is 1. The molecule has 0 bridgehead atoms. The Hall–Kier alpha value is -7.66. The molecule has 10 aromatic carbocycles. The first-order chi connectivity index (χ1) is 31.6. The van der Waals surface area contributed by atoms with Gasteiger partial charge in [-0.3, -0.25) is 0 Å². The van der Waals surface area contributed by atoms with Crippen molar-refractivity contribution in [2.24, 2.45) is 0 Å². The molecule has 2 aliphatic heterocycles. The van der Waals surface area contributed by atoms with Crippen LogP contribution < -0.4 is 21.1 Å². The van der Waals surface area contributed by atoms with E-state index in [1.807, 2.05) is 11.3 Å². The summed E-state index contributed by atoms with van der Waals surface area (Å²) in [5.41, 5.74) is 18.5. The fraction of sp³-hybridized carbons (Fsp3) is 0.0333. The number of rotatable bonds is 5. The normalized spacial score (nSPS) is 13.4. The van der Waals surface area contributed by atoms with Crippen LogP contribution >= 0.6 is 11.3 Å². The Balaban J connectivity index is 1.14. The minimum absolute atomic E-state index is 0.581. The first kappa shape index (κ1) is 36.9. The maximum absolute atomic E-state index is 4.09. The van der Waals surface area contributed by atoms with Gasteiger partial charge in [-0.1, -0.05) is 187 Å². The van der Waals surface area contributed by atoms with Crippen LogP contribution in [0.5, 0.6) is 0 Å². The second-order valence-corrected chi connectivity index (χ2v) is 18.2. The van der Waals surface area contributed by atoms with Crippen LogP contribution in [0.4, 0.5) is 28.4 Å². The van der Waals surface area contributed by atoms with Gasteiger partial charge < -0.3 is 10.2 Å².